The number of carboxylic acids is 1. The molecule has 0 unspecified atom stereocenters. The Hall–Kier alpha value is -1.09. The third-order valence-electron chi connectivity index (χ3n) is 1.30. The number of hydrogen-bond acceptors (Lipinski definition) is 1. The fourth-order valence-electron chi connectivity index (χ4n) is 0.805. The highest BCUT2D eigenvalue weighted by molar-refractivity contribution is 5.85. The van der Waals surface area contributed by atoms with E-state index >= 15 is 0 Å². The first-order valence-electron chi connectivity index (χ1n) is 3.15. The Kier molecular flexibility index (Phi) is 4.29. The molecule has 0 saturated carbocycles. The van der Waals surface area contributed by atoms with Crippen LogP contribution in [0.15, 0.2) is 24.3 Å². The summed E-state index contributed by atoms with van der Waals surface area (Å²) in [6.45, 7) is 0. The number of carbonyl (C=O) groups is 1. The second kappa shape index (κ2) is 4.72. The molecule has 0 atom stereocenters. The van der Waals surface area contributed by atoms with E-state index in [0.717, 1.165) is 0 Å². The van der Waals surface area contributed by atoms with E-state index < -0.39 is 11.8 Å². The Morgan fingerprint density at radius 1 is 1.42 bits per heavy atom. The van der Waals surface area contributed by atoms with Gasteiger partial charge in [-0.25, -0.2) is 4.39 Å². The number of rotatable bonds is 2. The van der Waals surface area contributed by atoms with Gasteiger partial charge >= 0.3 is 5.97 Å². The predicted molar refractivity (Wildman–Crippen MR) is 45.0 cm³/mol. The molecule has 1 N–H and O–H groups in total. The maximum absolute atomic E-state index is 12.7. The summed E-state index contributed by atoms with van der Waals surface area (Å²) in [5.74, 6) is -1.48. The summed E-state index contributed by atoms with van der Waals surface area (Å²) < 4.78 is 12.7. The van der Waals surface area contributed by atoms with Gasteiger partial charge in [-0.15, -0.1) is 12.4 Å². The zero-order valence-electron chi connectivity index (χ0n) is 6.16. The molecule has 1 aromatic rings. The summed E-state index contributed by atoms with van der Waals surface area (Å²) in [6.07, 6.45) is -0.257. The largest absolute Gasteiger partial charge is 0.481 e. The van der Waals surface area contributed by atoms with Crippen LogP contribution in [-0.4, -0.2) is 11.1 Å². The van der Waals surface area contributed by atoms with Gasteiger partial charge in [0.15, 0.2) is 0 Å². The molecule has 0 bridgehead atoms. The van der Waals surface area contributed by atoms with Crippen molar-refractivity contribution in [2.75, 3.05) is 0 Å². The first kappa shape index (κ1) is 10.9. The highest BCUT2D eigenvalue weighted by Gasteiger charge is 2.04. The van der Waals surface area contributed by atoms with Gasteiger partial charge in [0.25, 0.3) is 0 Å². The smallest absolute Gasteiger partial charge is 0.307 e. The number of aliphatic carboxylic acids is 1. The third kappa shape index (κ3) is 2.88. The molecule has 0 aliphatic heterocycles. The highest BCUT2D eigenvalue weighted by Crippen LogP contribution is 2.06. The molecular weight excluding hydrogens is 183 g/mol. The van der Waals surface area contributed by atoms with E-state index in [1.54, 1.807) is 6.07 Å². The van der Waals surface area contributed by atoms with Gasteiger partial charge in [0, 0.05) is 0 Å². The lowest BCUT2D eigenvalue weighted by atomic mass is 10.1. The van der Waals surface area contributed by atoms with Crippen LogP contribution in [0.1, 0.15) is 5.56 Å². The van der Waals surface area contributed by atoms with Gasteiger partial charge in [-0.3, -0.25) is 4.79 Å². The summed E-state index contributed by atoms with van der Waals surface area (Å²) in [5.41, 5.74) is 0.222. The summed E-state index contributed by atoms with van der Waals surface area (Å²) in [7, 11) is 0. The lowest BCUT2D eigenvalue weighted by Gasteiger charge is -1.96. The molecule has 0 saturated heterocycles. The van der Waals surface area contributed by atoms with Crippen LogP contribution in [0.4, 0.5) is 4.39 Å². The number of benzene rings is 1. The summed E-state index contributed by atoms with van der Waals surface area (Å²) in [5, 5.41) is 8.32. The first-order chi connectivity index (χ1) is 5.20. The lowest BCUT2D eigenvalue weighted by molar-refractivity contribution is -0.136. The summed E-state index contributed by atoms with van der Waals surface area (Å²) in [4.78, 5) is 10.2. The van der Waals surface area contributed by atoms with Crippen LogP contribution >= 0.6 is 12.4 Å². The molecule has 1 aromatic carbocycles. The highest BCUT2D eigenvalue weighted by atomic mass is 35.5. The Balaban J connectivity index is 0.00000121. The van der Waals surface area contributed by atoms with Gasteiger partial charge in [-0.1, -0.05) is 18.2 Å². The monoisotopic (exact) mass is 190 g/mol. The Bertz CT molecular complexity index is 276. The molecule has 0 aliphatic carbocycles. The summed E-state index contributed by atoms with van der Waals surface area (Å²) >= 11 is 0. The number of halogens is 2. The van der Waals surface area contributed by atoms with Gasteiger partial charge in [-0.2, -0.15) is 0 Å². The SMILES string of the molecule is Cl.O=C(O)Cc1ccccc1F. The topological polar surface area (TPSA) is 37.3 Å². The molecule has 1 rings (SSSR count). The molecule has 0 heterocycles. The number of carboxylic acid groups (broad SMARTS) is 1. The fourth-order valence-corrected chi connectivity index (χ4v) is 0.805. The van der Waals surface area contributed by atoms with E-state index in [2.05, 4.69) is 0 Å². The van der Waals surface area contributed by atoms with Crippen molar-refractivity contribution in [2.45, 2.75) is 6.42 Å². The molecule has 0 aromatic heterocycles. The normalized spacial score (nSPS) is 8.75. The summed E-state index contributed by atoms with van der Waals surface area (Å²) in [6, 6.07) is 5.85. The molecule has 0 spiro atoms. The second-order valence-corrected chi connectivity index (χ2v) is 2.16. The Labute approximate surface area is 75.4 Å². The van der Waals surface area contributed by atoms with Crippen LogP contribution in [-0.2, 0) is 11.2 Å². The van der Waals surface area contributed by atoms with E-state index in [0.29, 0.717) is 0 Å². The average molecular weight is 191 g/mol. The minimum absolute atomic E-state index is 0. The van der Waals surface area contributed by atoms with E-state index in [9.17, 15) is 9.18 Å². The molecule has 4 heteroatoms. The van der Waals surface area contributed by atoms with Gasteiger partial charge in [0.1, 0.15) is 5.82 Å². The molecule has 0 aliphatic rings. The molecule has 0 amide bonds. The van der Waals surface area contributed by atoms with Crippen molar-refractivity contribution in [3.63, 3.8) is 0 Å². The van der Waals surface area contributed by atoms with Crippen molar-refractivity contribution in [1.29, 1.82) is 0 Å². The van der Waals surface area contributed by atoms with Crippen LogP contribution in [0, 0.1) is 5.82 Å². The molecule has 66 valence electrons. The maximum Gasteiger partial charge on any atom is 0.307 e. The van der Waals surface area contributed by atoms with Gasteiger partial charge in [-0.05, 0) is 11.6 Å². The van der Waals surface area contributed by atoms with Crippen molar-refractivity contribution in [3.05, 3.63) is 35.6 Å². The molecule has 2 nitrogen and oxygen atoms in total. The first-order valence-corrected chi connectivity index (χ1v) is 3.15. The van der Waals surface area contributed by atoms with Crippen molar-refractivity contribution in [3.8, 4) is 0 Å². The van der Waals surface area contributed by atoms with Gasteiger partial charge < -0.3 is 5.11 Å². The molecular formula is C8H8ClFO2. The van der Waals surface area contributed by atoms with Crippen molar-refractivity contribution in [1.82, 2.24) is 0 Å². The molecule has 0 radical (unpaired) electrons. The van der Waals surface area contributed by atoms with Gasteiger partial charge in [0.2, 0.25) is 0 Å². The Morgan fingerprint density at radius 2 is 2.00 bits per heavy atom. The number of hydrogen-bond donors (Lipinski definition) is 1. The lowest BCUT2D eigenvalue weighted by Crippen LogP contribution is -2.01. The zero-order valence-corrected chi connectivity index (χ0v) is 6.97. The average Bonchev–Trinajstić information content (AvgIpc) is 1.93. The second-order valence-electron chi connectivity index (χ2n) is 2.16. The van der Waals surface area contributed by atoms with Crippen LogP contribution < -0.4 is 0 Å². The van der Waals surface area contributed by atoms with E-state index in [1.165, 1.54) is 18.2 Å². The van der Waals surface area contributed by atoms with Crippen LogP contribution in [0.25, 0.3) is 0 Å². The maximum atomic E-state index is 12.7. The quantitative estimate of drug-likeness (QED) is 0.773. The Morgan fingerprint density at radius 3 is 2.50 bits per heavy atom. The van der Waals surface area contributed by atoms with E-state index in [-0.39, 0.29) is 24.4 Å². The van der Waals surface area contributed by atoms with Crippen molar-refractivity contribution < 1.29 is 14.3 Å². The minimum atomic E-state index is -1.02. The van der Waals surface area contributed by atoms with Crippen LogP contribution in [0.3, 0.4) is 0 Å². The third-order valence-corrected chi connectivity index (χ3v) is 1.30. The predicted octanol–water partition coefficient (Wildman–Crippen LogP) is 1.87. The van der Waals surface area contributed by atoms with Crippen LogP contribution in [0.5, 0.6) is 0 Å². The zero-order chi connectivity index (χ0) is 8.27. The van der Waals surface area contributed by atoms with Crippen molar-refractivity contribution in [2.24, 2.45) is 0 Å². The standard InChI is InChI=1S/C8H7FO2.ClH/c9-7-4-2-1-3-6(7)5-8(10)11;/h1-4H,5H2,(H,10,11);1H. The minimum Gasteiger partial charge on any atom is -0.481 e. The van der Waals surface area contributed by atoms with Crippen LogP contribution in [0.2, 0.25) is 0 Å². The van der Waals surface area contributed by atoms with Gasteiger partial charge in [0.05, 0.1) is 6.42 Å². The van der Waals surface area contributed by atoms with Crippen molar-refractivity contribution >= 4 is 18.4 Å². The fraction of sp³-hybridized carbons (Fsp3) is 0.125. The molecule has 12 heavy (non-hydrogen) atoms. The molecule has 0 fully saturated rings. The van der Waals surface area contributed by atoms with E-state index in [1.807, 2.05) is 0 Å². The van der Waals surface area contributed by atoms with E-state index in [4.69, 9.17) is 5.11 Å².